The highest BCUT2D eigenvalue weighted by Crippen LogP contribution is 2.43. The summed E-state index contributed by atoms with van der Waals surface area (Å²) >= 11 is 6.21. The quantitative estimate of drug-likeness (QED) is 0.182. The molecular formula is C27H32ClNO6. The van der Waals surface area contributed by atoms with Crippen molar-refractivity contribution in [3.05, 3.63) is 58.1 Å². The first kappa shape index (κ1) is 26.4. The maximum absolute atomic E-state index is 13.1. The van der Waals surface area contributed by atoms with Crippen LogP contribution in [0.25, 0.3) is 5.76 Å². The maximum atomic E-state index is 13.1. The second-order valence-corrected chi connectivity index (χ2v) is 8.71. The summed E-state index contributed by atoms with van der Waals surface area (Å²) in [6.45, 7) is 5.05. The fraction of sp³-hybridized carbons (Fsp3) is 0.407. The Morgan fingerprint density at radius 3 is 2.29 bits per heavy atom. The summed E-state index contributed by atoms with van der Waals surface area (Å²) in [5.74, 6) is -0.488. The van der Waals surface area contributed by atoms with E-state index in [4.69, 9.17) is 25.8 Å². The Hall–Kier alpha value is -3.19. The summed E-state index contributed by atoms with van der Waals surface area (Å²) < 4.78 is 16.5. The van der Waals surface area contributed by atoms with E-state index in [0.29, 0.717) is 41.7 Å². The van der Waals surface area contributed by atoms with Crippen molar-refractivity contribution >= 4 is 29.1 Å². The number of hydrogen-bond acceptors (Lipinski definition) is 6. The molecule has 1 heterocycles. The van der Waals surface area contributed by atoms with Crippen molar-refractivity contribution in [2.45, 2.75) is 45.6 Å². The van der Waals surface area contributed by atoms with E-state index in [0.717, 1.165) is 19.3 Å². The van der Waals surface area contributed by atoms with Crippen molar-refractivity contribution in [3.63, 3.8) is 0 Å². The molecule has 35 heavy (non-hydrogen) atoms. The number of methoxy groups -OCH3 is 2. The van der Waals surface area contributed by atoms with Gasteiger partial charge in [-0.25, -0.2) is 0 Å². The predicted molar refractivity (Wildman–Crippen MR) is 135 cm³/mol. The highest BCUT2D eigenvalue weighted by molar-refractivity contribution is 6.46. The number of unbranched alkanes of at least 4 members (excludes halogenated alkanes) is 2. The lowest BCUT2D eigenvalue weighted by atomic mass is 9.94. The lowest BCUT2D eigenvalue weighted by Crippen LogP contribution is -2.30. The van der Waals surface area contributed by atoms with Gasteiger partial charge in [-0.15, -0.1) is 0 Å². The second kappa shape index (κ2) is 12.0. The third-order valence-corrected chi connectivity index (χ3v) is 6.24. The van der Waals surface area contributed by atoms with Gasteiger partial charge in [-0.05, 0) is 36.6 Å². The number of amides is 1. The molecule has 0 radical (unpaired) electrons. The molecule has 1 amide bonds. The zero-order valence-electron chi connectivity index (χ0n) is 20.6. The van der Waals surface area contributed by atoms with Gasteiger partial charge >= 0.3 is 0 Å². The highest BCUT2D eigenvalue weighted by Gasteiger charge is 2.46. The minimum absolute atomic E-state index is 0.0114. The number of likely N-dealkylation sites (tertiary alicyclic amines) is 1. The third kappa shape index (κ3) is 5.56. The van der Waals surface area contributed by atoms with E-state index in [1.807, 2.05) is 31.2 Å². The first-order valence-electron chi connectivity index (χ1n) is 11.8. The zero-order chi connectivity index (χ0) is 25.5. The molecule has 2 aromatic carbocycles. The predicted octanol–water partition coefficient (Wildman–Crippen LogP) is 5.76. The first-order chi connectivity index (χ1) is 16.9. The Bertz CT molecular complexity index is 1100. The smallest absolute Gasteiger partial charge is 0.295 e. The molecule has 1 N–H and O–H groups in total. The topological polar surface area (TPSA) is 85.3 Å². The monoisotopic (exact) mass is 501 g/mol. The van der Waals surface area contributed by atoms with Gasteiger partial charge in [0.05, 0.1) is 43.0 Å². The van der Waals surface area contributed by atoms with Gasteiger partial charge in [0.25, 0.3) is 11.7 Å². The van der Waals surface area contributed by atoms with Crippen molar-refractivity contribution < 1.29 is 28.9 Å². The van der Waals surface area contributed by atoms with Crippen LogP contribution in [0.15, 0.2) is 42.0 Å². The number of benzene rings is 2. The highest BCUT2D eigenvalue weighted by atomic mass is 35.5. The summed E-state index contributed by atoms with van der Waals surface area (Å²) in [7, 11) is 2.88. The third-order valence-electron chi connectivity index (χ3n) is 5.95. The number of carbonyl (C=O) groups excluding carboxylic acids is 2. The van der Waals surface area contributed by atoms with Crippen LogP contribution in [-0.4, -0.2) is 49.1 Å². The largest absolute Gasteiger partial charge is 0.507 e. The van der Waals surface area contributed by atoms with Crippen molar-refractivity contribution in [1.29, 1.82) is 0 Å². The van der Waals surface area contributed by atoms with Crippen molar-refractivity contribution in [2.75, 3.05) is 27.4 Å². The molecule has 1 saturated heterocycles. The van der Waals surface area contributed by atoms with E-state index >= 15 is 0 Å². The molecular weight excluding hydrogens is 470 g/mol. The van der Waals surface area contributed by atoms with Crippen molar-refractivity contribution in [2.24, 2.45) is 0 Å². The number of nitrogens with zero attached hydrogens (tertiary/aromatic N) is 1. The average molecular weight is 502 g/mol. The van der Waals surface area contributed by atoms with Crippen LogP contribution in [0.2, 0.25) is 5.02 Å². The number of aliphatic hydroxyl groups excluding tert-OH is 1. The minimum atomic E-state index is -0.754. The van der Waals surface area contributed by atoms with Crippen LogP contribution in [-0.2, 0) is 9.59 Å². The van der Waals surface area contributed by atoms with Crippen LogP contribution in [0.4, 0.5) is 0 Å². The Morgan fingerprint density at radius 1 is 1.00 bits per heavy atom. The van der Waals surface area contributed by atoms with Gasteiger partial charge in [0.15, 0.2) is 0 Å². The number of hydrogen-bond donors (Lipinski definition) is 1. The van der Waals surface area contributed by atoms with Gasteiger partial charge in [-0.2, -0.15) is 0 Å². The zero-order valence-corrected chi connectivity index (χ0v) is 21.4. The summed E-state index contributed by atoms with van der Waals surface area (Å²) in [6.07, 6.45) is 3.84. The normalized spacial score (nSPS) is 17.1. The van der Waals surface area contributed by atoms with Crippen LogP contribution in [0.5, 0.6) is 17.2 Å². The van der Waals surface area contributed by atoms with E-state index in [1.165, 1.54) is 31.3 Å². The lowest BCUT2D eigenvalue weighted by Gasteiger charge is -2.25. The van der Waals surface area contributed by atoms with Crippen LogP contribution in [0.1, 0.15) is 56.7 Å². The Morgan fingerprint density at radius 2 is 1.69 bits per heavy atom. The first-order valence-corrected chi connectivity index (χ1v) is 12.2. The van der Waals surface area contributed by atoms with E-state index in [9.17, 15) is 14.7 Å². The summed E-state index contributed by atoms with van der Waals surface area (Å²) in [4.78, 5) is 27.6. The molecule has 1 unspecified atom stereocenters. The number of carbonyl (C=O) groups is 2. The van der Waals surface area contributed by atoms with Gasteiger partial charge in [-0.1, -0.05) is 50.4 Å². The number of aliphatic hydroxyl groups is 1. The molecule has 0 bridgehead atoms. The molecule has 7 nitrogen and oxygen atoms in total. The van der Waals surface area contributed by atoms with Crippen molar-refractivity contribution in [3.8, 4) is 17.2 Å². The Kier molecular flexibility index (Phi) is 9.04. The second-order valence-electron chi connectivity index (χ2n) is 8.30. The molecule has 0 saturated carbocycles. The number of ether oxygens (including phenoxy) is 3. The van der Waals surface area contributed by atoms with Gasteiger partial charge in [0, 0.05) is 12.6 Å². The van der Waals surface area contributed by atoms with E-state index in [2.05, 4.69) is 6.92 Å². The molecule has 1 aliphatic heterocycles. The molecule has 188 valence electrons. The van der Waals surface area contributed by atoms with Crippen LogP contribution in [0.3, 0.4) is 0 Å². The standard InChI is InChI=1S/C27H32ClNO6/c1-5-7-8-14-35-18-11-9-17(10-12-18)24-23(26(31)27(32)29(24)13-6-2)25(30)19-15-22(34-4)20(28)16-21(19)33-3/h9-12,15-16,24,30H,5-8,13-14H2,1-4H3/b25-23+. The van der Waals surface area contributed by atoms with Gasteiger partial charge < -0.3 is 24.2 Å². The molecule has 1 fully saturated rings. The number of ketones is 1. The fourth-order valence-electron chi connectivity index (χ4n) is 4.18. The Balaban J connectivity index is 2.08. The van der Waals surface area contributed by atoms with Gasteiger partial charge in [-0.3, -0.25) is 9.59 Å². The lowest BCUT2D eigenvalue weighted by molar-refractivity contribution is -0.139. The number of Topliss-reactive ketones (excluding diaryl/α,β-unsaturated/α-hetero) is 1. The molecule has 3 rings (SSSR count). The molecule has 1 atom stereocenters. The van der Waals surface area contributed by atoms with Gasteiger partial charge in [0.2, 0.25) is 0 Å². The Labute approximate surface area is 211 Å². The summed E-state index contributed by atoms with van der Waals surface area (Å²) in [5, 5.41) is 11.6. The van der Waals surface area contributed by atoms with Crippen LogP contribution in [0, 0.1) is 0 Å². The molecule has 0 aromatic heterocycles. The summed E-state index contributed by atoms with van der Waals surface area (Å²) in [5.41, 5.74) is 0.895. The molecule has 8 heteroatoms. The summed E-state index contributed by atoms with van der Waals surface area (Å²) in [6, 6.07) is 9.52. The molecule has 1 aliphatic rings. The molecule has 0 aliphatic carbocycles. The molecule has 0 spiro atoms. The average Bonchev–Trinajstić information content (AvgIpc) is 3.11. The SMILES string of the molecule is CCCCCOc1ccc(C2/C(=C(\O)c3cc(OC)c(Cl)cc3OC)C(=O)C(=O)N2CCC)cc1. The maximum Gasteiger partial charge on any atom is 0.295 e. The number of rotatable bonds is 11. The van der Waals surface area contributed by atoms with E-state index in [1.54, 1.807) is 0 Å². The van der Waals surface area contributed by atoms with Crippen molar-refractivity contribution in [1.82, 2.24) is 4.90 Å². The van der Waals surface area contributed by atoms with E-state index in [-0.39, 0.29) is 22.6 Å². The minimum Gasteiger partial charge on any atom is -0.507 e. The van der Waals surface area contributed by atoms with Crippen LogP contribution < -0.4 is 14.2 Å². The van der Waals surface area contributed by atoms with Gasteiger partial charge in [0.1, 0.15) is 23.0 Å². The fourth-order valence-corrected chi connectivity index (χ4v) is 4.41. The number of halogens is 1. The van der Waals surface area contributed by atoms with Crippen LogP contribution >= 0.6 is 11.6 Å². The van der Waals surface area contributed by atoms with E-state index < -0.39 is 17.7 Å². The molecule has 2 aromatic rings.